The van der Waals surface area contributed by atoms with Gasteiger partial charge in [0.15, 0.2) is 0 Å². The highest BCUT2D eigenvalue weighted by atomic mass is 35.5. The molecule has 1 amide bonds. The van der Waals surface area contributed by atoms with Gasteiger partial charge in [0, 0.05) is 30.0 Å². The lowest BCUT2D eigenvalue weighted by Gasteiger charge is -2.27. The molecule has 1 saturated heterocycles. The molecule has 1 unspecified atom stereocenters. The van der Waals surface area contributed by atoms with Gasteiger partial charge in [0.1, 0.15) is 5.82 Å². The maximum Gasteiger partial charge on any atom is 0.223 e. The predicted octanol–water partition coefficient (Wildman–Crippen LogP) is 3.46. The second-order valence-corrected chi connectivity index (χ2v) is 7.08. The van der Waals surface area contributed by atoms with Crippen molar-refractivity contribution in [3.63, 3.8) is 0 Å². The van der Waals surface area contributed by atoms with Crippen LogP contribution in [-0.2, 0) is 17.8 Å². The number of imidazole rings is 1. The van der Waals surface area contributed by atoms with Gasteiger partial charge in [-0.05, 0) is 49.7 Å². The zero-order chi connectivity index (χ0) is 16.5. The molecule has 0 spiro atoms. The van der Waals surface area contributed by atoms with Crippen LogP contribution >= 0.6 is 36.4 Å². The summed E-state index contributed by atoms with van der Waals surface area (Å²) in [6, 6.07) is 7.65. The number of hydrogen-bond donors (Lipinski definition) is 2. The van der Waals surface area contributed by atoms with Crippen LogP contribution in [0, 0.1) is 5.92 Å². The number of rotatable bonds is 3. The molecule has 5 nitrogen and oxygen atoms in total. The van der Waals surface area contributed by atoms with Crippen molar-refractivity contribution in [2.75, 3.05) is 19.6 Å². The van der Waals surface area contributed by atoms with Gasteiger partial charge in [0.05, 0.1) is 17.9 Å². The first-order valence-corrected chi connectivity index (χ1v) is 8.89. The minimum atomic E-state index is 0. The highest BCUT2D eigenvalue weighted by Crippen LogP contribution is 2.25. The van der Waals surface area contributed by atoms with Crippen LogP contribution in [0.4, 0.5) is 0 Å². The van der Waals surface area contributed by atoms with Gasteiger partial charge in [-0.3, -0.25) is 4.79 Å². The average molecular weight is 418 g/mol. The van der Waals surface area contributed by atoms with Crippen molar-refractivity contribution < 1.29 is 4.79 Å². The summed E-state index contributed by atoms with van der Waals surface area (Å²) in [4.78, 5) is 22.6. The third-order valence-corrected chi connectivity index (χ3v) is 5.18. The number of carbonyl (C=O) groups excluding carboxylic acids is 1. The van der Waals surface area contributed by atoms with E-state index in [-0.39, 0.29) is 30.7 Å². The van der Waals surface area contributed by atoms with Gasteiger partial charge in [-0.2, -0.15) is 0 Å². The molecule has 8 heteroatoms. The van der Waals surface area contributed by atoms with Crippen LogP contribution in [0.25, 0.3) is 11.4 Å². The Labute approximate surface area is 170 Å². The number of halogens is 3. The van der Waals surface area contributed by atoms with Crippen LogP contribution in [-0.4, -0.2) is 40.4 Å². The van der Waals surface area contributed by atoms with E-state index in [0.29, 0.717) is 23.9 Å². The number of nitrogens with zero attached hydrogens (tertiary/aromatic N) is 2. The van der Waals surface area contributed by atoms with Crippen molar-refractivity contribution in [3.8, 4) is 11.4 Å². The van der Waals surface area contributed by atoms with Crippen molar-refractivity contribution in [1.82, 2.24) is 20.2 Å². The van der Waals surface area contributed by atoms with Gasteiger partial charge in [-0.1, -0.05) is 11.6 Å². The lowest BCUT2D eigenvalue weighted by molar-refractivity contribution is -0.133. The minimum absolute atomic E-state index is 0. The third-order valence-electron chi connectivity index (χ3n) is 4.93. The third kappa shape index (κ3) is 4.52. The molecule has 4 rings (SSSR count). The molecule has 3 heterocycles. The van der Waals surface area contributed by atoms with Crippen LogP contribution in [0.1, 0.15) is 24.2 Å². The molecule has 0 aliphatic carbocycles. The summed E-state index contributed by atoms with van der Waals surface area (Å²) >= 11 is 5.94. The van der Waals surface area contributed by atoms with Gasteiger partial charge in [-0.15, -0.1) is 24.8 Å². The van der Waals surface area contributed by atoms with Gasteiger partial charge in [0.25, 0.3) is 0 Å². The van der Waals surface area contributed by atoms with Gasteiger partial charge < -0.3 is 15.2 Å². The summed E-state index contributed by atoms with van der Waals surface area (Å²) in [6.45, 7) is 3.40. The molecule has 1 aromatic heterocycles. The Morgan fingerprint density at radius 2 is 2.04 bits per heavy atom. The molecule has 0 bridgehead atoms. The SMILES string of the molecule is Cl.Cl.O=C(CC1CCNC1)N1CCc2nc(-c3ccc(Cl)cc3)[nH]c2C1. The van der Waals surface area contributed by atoms with Crippen molar-refractivity contribution in [2.24, 2.45) is 5.92 Å². The second kappa shape index (κ2) is 9.09. The van der Waals surface area contributed by atoms with Crippen LogP contribution in [0.5, 0.6) is 0 Å². The van der Waals surface area contributed by atoms with Crippen molar-refractivity contribution in [3.05, 3.63) is 40.7 Å². The van der Waals surface area contributed by atoms with Crippen LogP contribution < -0.4 is 5.32 Å². The minimum Gasteiger partial charge on any atom is -0.340 e. The molecule has 1 aromatic carbocycles. The Balaban J connectivity index is 0.00000121. The van der Waals surface area contributed by atoms with Gasteiger partial charge >= 0.3 is 0 Å². The maximum absolute atomic E-state index is 12.5. The molecule has 0 saturated carbocycles. The summed E-state index contributed by atoms with van der Waals surface area (Å²) < 4.78 is 0. The first-order chi connectivity index (χ1) is 11.7. The average Bonchev–Trinajstić information content (AvgIpc) is 3.23. The molecule has 2 aliphatic rings. The zero-order valence-corrected chi connectivity index (χ0v) is 16.7. The van der Waals surface area contributed by atoms with Crippen LogP contribution in [0.2, 0.25) is 5.02 Å². The quantitative estimate of drug-likeness (QED) is 0.804. The predicted molar refractivity (Wildman–Crippen MR) is 108 cm³/mol. The number of amides is 1. The summed E-state index contributed by atoms with van der Waals surface area (Å²) in [5, 5.41) is 4.04. The monoisotopic (exact) mass is 416 g/mol. The Bertz CT molecular complexity index is 741. The van der Waals surface area contributed by atoms with Crippen molar-refractivity contribution in [1.29, 1.82) is 0 Å². The highest BCUT2D eigenvalue weighted by molar-refractivity contribution is 6.30. The molecule has 1 atom stereocenters. The number of benzene rings is 1. The normalized spacial score (nSPS) is 18.7. The second-order valence-electron chi connectivity index (χ2n) is 6.65. The van der Waals surface area contributed by atoms with E-state index in [0.717, 1.165) is 55.3 Å². The van der Waals surface area contributed by atoms with E-state index >= 15 is 0 Å². The number of hydrogen-bond acceptors (Lipinski definition) is 3. The number of aromatic nitrogens is 2. The fourth-order valence-electron chi connectivity index (χ4n) is 3.52. The van der Waals surface area contributed by atoms with E-state index in [1.165, 1.54) is 0 Å². The topological polar surface area (TPSA) is 61.0 Å². The molecular weight excluding hydrogens is 395 g/mol. The number of nitrogens with one attached hydrogen (secondary N) is 2. The van der Waals surface area contributed by atoms with Gasteiger partial charge in [-0.25, -0.2) is 4.98 Å². The van der Waals surface area contributed by atoms with Crippen molar-refractivity contribution >= 4 is 42.3 Å². The van der Waals surface area contributed by atoms with E-state index < -0.39 is 0 Å². The molecule has 1 fully saturated rings. The first-order valence-electron chi connectivity index (χ1n) is 8.51. The van der Waals surface area contributed by atoms with E-state index in [4.69, 9.17) is 16.6 Å². The Morgan fingerprint density at radius 3 is 2.73 bits per heavy atom. The largest absolute Gasteiger partial charge is 0.340 e. The Kier molecular flexibility index (Phi) is 7.35. The van der Waals surface area contributed by atoms with E-state index in [2.05, 4.69) is 10.3 Å². The number of carbonyl (C=O) groups is 1. The smallest absolute Gasteiger partial charge is 0.223 e. The fourth-order valence-corrected chi connectivity index (χ4v) is 3.64. The summed E-state index contributed by atoms with van der Waals surface area (Å²) in [5.41, 5.74) is 3.15. The summed E-state index contributed by atoms with van der Waals surface area (Å²) in [5.74, 6) is 1.60. The van der Waals surface area contributed by atoms with E-state index in [1.807, 2.05) is 29.2 Å². The summed E-state index contributed by atoms with van der Waals surface area (Å²) in [7, 11) is 0. The molecule has 26 heavy (non-hydrogen) atoms. The van der Waals surface area contributed by atoms with Gasteiger partial charge in [0.2, 0.25) is 5.91 Å². The summed E-state index contributed by atoms with van der Waals surface area (Å²) in [6.07, 6.45) is 2.57. The molecular formula is C18H23Cl3N4O. The Hall–Kier alpha value is -1.27. The lowest BCUT2D eigenvalue weighted by atomic mass is 10.0. The van der Waals surface area contributed by atoms with E-state index in [9.17, 15) is 4.79 Å². The van der Waals surface area contributed by atoms with Crippen LogP contribution in [0.15, 0.2) is 24.3 Å². The zero-order valence-electron chi connectivity index (χ0n) is 14.3. The Morgan fingerprint density at radius 1 is 1.27 bits per heavy atom. The number of fused-ring (bicyclic) bond motifs is 1. The fraction of sp³-hybridized carbons (Fsp3) is 0.444. The van der Waals surface area contributed by atoms with Crippen molar-refractivity contribution in [2.45, 2.75) is 25.8 Å². The molecule has 2 aliphatic heterocycles. The first kappa shape index (κ1) is 21.0. The number of aromatic amines is 1. The molecule has 142 valence electrons. The highest BCUT2D eigenvalue weighted by Gasteiger charge is 2.26. The molecule has 2 N–H and O–H groups in total. The lowest BCUT2D eigenvalue weighted by Crippen LogP contribution is -2.37. The van der Waals surface area contributed by atoms with E-state index in [1.54, 1.807) is 0 Å². The molecule has 0 radical (unpaired) electrons. The maximum atomic E-state index is 12.5. The standard InChI is InChI=1S/C18H21ClN4O.2ClH/c19-14-3-1-13(2-4-14)18-21-15-6-8-23(11-16(15)22-18)17(24)9-12-5-7-20-10-12;;/h1-4,12,20H,5-11H2,(H,21,22);2*1H. The molecule has 2 aromatic rings. The number of H-pyrrole nitrogens is 1. The van der Waals surface area contributed by atoms with Crippen LogP contribution in [0.3, 0.4) is 0 Å².